The number of rotatable bonds is 6. The minimum absolute atomic E-state index is 0.101. The van der Waals surface area contributed by atoms with Crippen molar-refractivity contribution in [3.05, 3.63) is 57.1 Å². The lowest BCUT2D eigenvalue weighted by molar-refractivity contribution is -0.384. The number of nitrogens with zero attached hydrogens (tertiary/aromatic N) is 2. The Morgan fingerprint density at radius 1 is 1.48 bits per heavy atom. The third-order valence-electron chi connectivity index (χ3n) is 2.84. The number of imidazole rings is 1. The predicted octanol–water partition coefficient (Wildman–Crippen LogP) is 2.33. The number of nitro groups is 1. The minimum atomic E-state index is -0.565. The normalized spacial score (nSPS) is 10.3. The molecule has 2 rings (SSSR count). The second kappa shape index (κ2) is 6.85. The second-order valence-electron chi connectivity index (χ2n) is 4.32. The number of aryl methyl sites for hydroxylation is 1. The molecule has 1 heterocycles. The maximum atomic E-state index is 12.0. The van der Waals surface area contributed by atoms with Gasteiger partial charge in [0.2, 0.25) is 0 Å². The molecule has 1 amide bonds. The summed E-state index contributed by atoms with van der Waals surface area (Å²) in [6.45, 7) is 0.429. The fourth-order valence-electron chi connectivity index (χ4n) is 1.79. The van der Waals surface area contributed by atoms with Crippen LogP contribution >= 0.6 is 11.6 Å². The molecule has 7 nitrogen and oxygen atoms in total. The quantitative estimate of drug-likeness (QED) is 0.486. The summed E-state index contributed by atoms with van der Waals surface area (Å²) in [4.78, 5) is 29.1. The van der Waals surface area contributed by atoms with Gasteiger partial charge in [0.1, 0.15) is 5.82 Å². The molecule has 21 heavy (non-hydrogen) atoms. The Morgan fingerprint density at radius 2 is 2.29 bits per heavy atom. The zero-order valence-corrected chi connectivity index (χ0v) is 11.8. The highest BCUT2D eigenvalue weighted by Gasteiger charge is 2.15. The van der Waals surface area contributed by atoms with Gasteiger partial charge >= 0.3 is 0 Å². The Bertz CT molecular complexity index is 643. The molecule has 0 radical (unpaired) electrons. The molecule has 0 spiro atoms. The topological polar surface area (TPSA) is 101 Å². The number of halogens is 1. The number of hydrogen-bond acceptors (Lipinski definition) is 4. The standard InChI is InChI=1S/C13H13ClN4O3/c14-11-4-3-9(18(20)21)8-10(11)13(19)17-5-1-2-12-15-6-7-16-12/h3-4,6-8H,1-2,5H2,(H,15,16)(H,17,19). The Kier molecular flexibility index (Phi) is 4.89. The highest BCUT2D eigenvalue weighted by molar-refractivity contribution is 6.33. The van der Waals surface area contributed by atoms with Crippen LogP contribution in [0, 0.1) is 10.1 Å². The Morgan fingerprint density at radius 3 is 2.95 bits per heavy atom. The molecule has 8 heteroatoms. The number of carbonyl (C=O) groups excluding carboxylic acids is 1. The number of H-pyrrole nitrogens is 1. The number of non-ortho nitro benzene ring substituents is 1. The largest absolute Gasteiger partial charge is 0.352 e. The van der Waals surface area contributed by atoms with Gasteiger partial charge in [-0.3, -0.25) is 14.9 Å². The van der Waals surface area contributed by atoms with Crippen molar-refractivity contribution < 1.29 is 9.72 Å². The summed E-state index contributed by atoms with van der Waals surface area (Å²) in [6, 6.07) is 3.78. The van der Waals surface area contributed by atoms with Gasteiger partial charge in [0.05, 0.1) is 15.5 Å². The van der Waals surface area contributed by atoms with E-state index in [4.69, 9.17) is 11.6 Å². The molecule has 0 unspecified atom stereocenters. The lowest BCUT2D eigenvalue weighted by atomic mass is 10.2. The van der Waals surface area contributed by atoms with Gasteiger partial charge < -0.3 is 10.3 Å². The van der Waals surface area contributed by atoms with E-state index in [1.54, 1.807) is 12.4 Å². The van der Waals surface area contributed by atoms with E-state index >= 15 is 0 Å². The average Bonchev–Trinajstić information content (AvgIpc) is 2.96. The zero-order chi connectivity index (χ0) is 15.2. The Labute approximate surface area is 125 Å². The predicted molar refractivity (Wildman–Crippen MR) is 77.3 cm³/mol. The Hall–Kier alpha value is -2.41. The fraction of sp³-hybridized carbons (Fsp3) is 0.231. The van der Waals surface area contributed by atoms with Crippen molar-refractivity contribution in [3.63, 3.8) is 0 Å². The summed E-state index contributed by atoms with van der Waals surface area (Å²) in [6.07, 6.45) is 4.80. The van der Waals surface area contributed by atoms with E-state index in [1.165, 1.54) is 18.2 Å². The van der Waals surface area contributed by atoms with Crippen LogP contribution in [0.4, 0.5) is 5.69 Å². The van der Waals surface area contributed by atoms with E-state index in [-0.39, 0.29) is 16.3 Å². The fourth-order valence-corrected chi connectivity index (χ4v) is 1.99. The summed E-state index contributed by atoms with van der Waals surface area (Å²) < 4.78 is 0. The number of nitro benzene ring substituents is 1. The van der Waals surface area contributed by atoms with Gasteiger partial charge in [-0.1, -0.05) is 11.6 Å². The van der Waals surface area contributed by atoms with Crippen LogP contribution in [0.5, 0.6) is 0 Å². The molecular formula is C13H13ClN4O3. The van der Waals surface area contributed by atoms with Gasteiger partial charge in [0.15, 0.2) is 0 Å². The molecule has 0 fully saturated rings. The first-order chi connectivity index (χ1) is 10.1. The highest BCUT2D eigenvalue weighted by atomic mass is 35.5. The van der Waals surface area contributed by atoms with Crippen molar-refractivity contribution in [2.45, 2.75) is 12.8 Å². The van der Waals surface area contributed by atoms with Crippen molar-refractivity contribution in [3.8, 4) is 0 Å². The molecule has 0 aliphatic carbocycles. The molecule has 0 atom stereocenters. The van der Waals surface area contributed by atoms with Gasteiger partial charge in [0, 0.05) is 37.5 Å². The van der Waals surface area contributed by atoms with Crippen molar-refractivity contribution in [1.82, 2.24) is 15.3 Å². The lowest BCUT2D eigenvalue weighted by Gasteiger charge is -2.06. The smallest absolute Gasteiger partial charge is 0.270 e. The van der Waals surface area contributed by atoms with Crippen molar-refractivity contribution in [2.75, 3.05) is 6.54 Å². The minimum Gasteiger partial charge on any atom is -0.352 e. The number of amides is 1. The summed E-state index contributed by atoms with van der Waals surface area (Å²) in [7, 11) is 0. The van der Waals surface area contributed by atoms with Gasteiger partial charge in [-0.15, -0.1) is 0 Å². The number of carbonyl (C=O) groups is 1. The first-order valence-electron chi connectivity index (χ1n) is 6.28. The van der Waals surface area contributed by atoms with Crippen molar-refractivity contribution in [1.29, 1.82) is 0 Å². The zero-order valence-electron chi connectivity index (χ0n) is 11.0. The van der Waals surface area contributed by atoms with Gasteiger partial charge in [-0.2, -0.15) is 0 Å². The third kappa shape index (κ3) is 4.03. The molecular weight excluding hydrogens is 296 g/mol. The van der Waals surface area contributed by atoms with Crippen LogP contribution in [-0.4, -0.2) is 27.3 Å². The third-order valence-corrected chi connectivity index (χ3v) is 3.17. The van der Waals surface area contributed by atoms with E-state index in [0.29, 0.717) is 19.4 Å². The number of aromatic nitrogens is 2. The molecule has 0 saturated heterocycles. The monoisotopic (exact) mass is 308 g/mol. The van der Waals surface area contributed by atoms with Crippen LogP contribution in [0.25, 0.3) is 0 Å². The molecule has 0 aliphatic heterocycles. The maximum absolute atomic E-state index is 12.0. The molecule has 1 aromatic heterocycles. The van der Waals surface area contributed by atoms with Gasteiger partial charge in [0.25, 0.3) is 11.6 Å². The van der Waals surface area contributed by atoms with Crippen LogP contribution in [-0.2, 0) is 6.42 Å². The number of aromatic amines is 1. The van der Waals surface area contributed by atoms with Crippen LogP contribution in [0.15, 0.2) is 30.6 Å². The van der Waals surface area contributed by atoms with Crippen LogP contribution < -0.4 is 5.32 Å². The first-order valence-corrected chi connectivity index (χ1v) is 6.66. The van der Waals surface area contributed by atoms with E-state index in [2.05, 4.69) is 15.3 Å². The molecule has 0 saturated carbocycles. The van der Waals surface area contributed by atoms with Crippen LogP contribution in [0.2, 0.25) is 5.02 Å². The number of benzene rings is 1. The summed E-state index contributed by atoms with van der Waals surface area (Å²) in [5, 5.41) is 13.6. The van der Waals surface area contributed by atoms with E-state index < -0.39 is 10.8 Å². The van der Waals surface area contributed by atoms with Crippen molar-refractivity contribution in [2.24, 2.45) is 0 Å². The number of nitrogens with one attached hydrogen (secondary N) is 2. The highest BCUT2D eigenvalue weighted by Crippen LogP contribution is 2.21. The van der Waals surface area contributed by atoms with Crippen molar-refractivity contribution >= 4 is 23.2 Å². The molecule has 2 aromatic rings. The summed E-state index contributed by atoms with van der Waals surface area (Å²) >= 11 is 5.89. The van der Waals surface area contributed by atoms with Gasteiger partial charge in [-0.05, 0) is 12.5 Å². The lowest BCUT2D eigenvalue weighted by Crippen LogP contribution is -2.25. The van der Waals surface area contributed by atoms with E-state index in [1.807, 2.05) is 0 Å². The van der Waals surface area contributed by atoms with Crippen LogP contribution in [0.1, 0.15) is 22.6 Å². The van der Waals surface area contributed by atoms with Crippen LogP contribution in [0.3, 0.4) is 0 Å². The molecule has 0 aliphatic rings. The maximum Gasteiger partial charge on any atom is 0.270 e. The number of hydrogen-bond donors (Lipinski definition) is 2. The summed E-state index contributed by atoms with van der Waals surface area (Å²) in [5.74, 6) is 0.417. The molecule has 0 bridgehead atoms. The summed E-state index contributed by atoms with van der Waals surface area (Å²) in [5.41, 5.74) is -0.0657. The SMILES string of the molecule is O=C(NCCCc1ncc[nH]1)c1cc([N+](=O)[O-])ccc1Cl. The molecule has 2 N–H and O–H groups in total. The Balaban J connectivity index is 1.90. The van der Waals surface area contributed by atoms with E-state index in [0.717, 1.165) is 5.82 Å². The average molecular weight is 309 g/mol. The second-order valence-corrected chi connectivity index (χ2v) is 4.72. The first kappa shape index (κ1) is 15.0. The molecule has 1 aromatic carbocycles. The van der Waals surface area contributed by atoms with E-state index in [9.17, 15) is 14.9 Å². The molecule has 110 valence electrons. The van der Waals surface area contributed by atoms with Gasteiger partial charge in [-0.25, -0.2) is 4.98 Å².